The fourth-order valence-electron chi connectivity index (χ4n) is 1.62. The Morgan fingerprint density at radius 2 is 1.90 bits per heavy atom. The van der Waals surface area contributed by atoms with Crippen LogP contribution in [0, 0.1) is 5.92 Å². The summed E-state index contributed by atoms with van der Waals surface area (Å²) in [6, 6.07) is 7.46. The van der Waals surface area contributed by atoms with Gasteiger partial charge >= 0.3 is 0 Å². The van der Waals surface area contributed by atoms with Gasteiger partial charge in [-0.2, -0.15) is 0 Å². The lowest BCUT2D eigenvalue weighted by molar-refractivity contribution is 0.528. The van der Waals surface area contributed by atoms with Crippen LogP contribution in [0.3, 0.4) is 0 Å². The Morgan fingerprint density at radius 3 is 2.50 bits per heavy atom. The SMILES string of the molecule is CCC(C)CNS(=O)(=O)c1cccc(CNC(C)C)c1. The quantitative estimate of drug-likeness (QED) is 0.775. The molecule has 114 valence electrons. The Bertz CT molecular complexity index is 512. The van der Waals surface area contributed by atoms with Gasteiger partial charge < -0.3 is 5.32 Å². The largest absolute Gasteiger partial charge is 0.310 e. The lowest BCUT2D eigenvalue weighted by Crippen LogP contribution is -2.28. The second-order valence-electron chi connectivity index (χ2n) is 5.55. The third-order valence-corrected chi connectivity index (χ3v) is 4.66. The summed E-state index contributed by atoms with van der Waals surface area (Å²) in [4.78, 5) is 0.337. The lowest BCUT2D eigenvalue weighted by atomic mass is 10.1. The van der Waals surface area contributed by atoms with Crippen molar-refractivity contribution in [3.05, 3.63) is 29.8 Å². The summed E-state index contributed by atoms with van der Waals surface area (Å²) in [5.74, 6) is 0.343. The van der Waals surface area contributed by atoms with E-state index in [9.17, 15) is 8.42 Å². The summed E-state index contributed by atoms with van der Waals surface area (Å²) < 4.78 is 27.1. The van der Waals surface area contributed by atoms with Gasteiger partial charge in [-0.05, 0) is 23.6 Å². The molecule has 1 rings (SSSR count). The fourth-order valence-corrected chi connectivity index (χ4v) is 2.86. The summed E-state index contributed by atoms with van der Waals surface area (Å²) in [6.07, 6.45) is 0.959. The Labute approximate surface area is 123 Å². The minimum absolute atomic E-state index is 0.337. The molecule has 0 bridgehead atoms. The van der Waals surface area contributed by atoms with Crippen molar-refractivity contribution in [3.63, 3.8) is 0 Å². The third-order valence-electron chi connectivity index (χ3n) is 3.24. The van der Waals surface area contributed by atoms with Crippen molar-refractivity contribution in [2.45, 2.75) is 51.6 Å². The van der Waals surface area contributed by atoms with Gasteiger partial charge in [-0.25, -0.2) is 13.1 Å². The normalized spacial score (nSPS) is 13.7. The monoisotopic (exact) mass is 298 g/mol. The Balaban J connectivity index is 2.76. The van der Waals surface area contributed by atoms with Crippen LogP contribution in [0.25, 0.3) is 0 Å². The fraction of sp³-hybridized carbons (Fsp3) is 0.600. The predicted octanol–water partition coefficient (Wildman–Crippen LogP) is 2.51. The molecule has 0 aliphatic rings. The van der Waals surface area contributed by atoms with E-state index in [1.165, 1.54) is 0 Å². The van der Waals surface area contributed by atoms with Crippen molar-refractivity contribution < 1.29 is 8.42 Å². The van der Waals surface area contributed by atoms with Crippen LogP contribution in [-0.2, 0) is 16.6 Å². The van der Waals surface area contributed by atoms with E-state index in [1.54, 1.807) is 18.2 Å². The molecule has 0 fully saturated rings. The topological polar surface area (TPSA) is 58.2 Å². The number of sulfonamides is 1. The second kappa shape index (κ2) is 7.76. The molecule has 0 saturated carbocycles. The van der Waals surface area contributed by atoms with E-state index < -0.39 is 10.0 Å². The van der Waals surface area contributed by atoms with Gasteiger partial charge in [0.15, 0.2) is 0 Å². The molecule has 5 heteroatoms. The molecular weight excluding hydrogens is 272 g/mol. The zero-order valence-electron chi connectivity index (χ0n) is 12.8. The molecule has 1 unspecified atom stereocenters. The van der Waals surface area contributed by atoms with Gasteiger partial charge in [0.05, 0.1) is 4.90 Å². The maximum Gasteiger partial charge on any atom is 0.240 e. The molecule has 0 saturated heterocycles. The molecule has 4 nitrogen and oxygen atoms in total. The molecule has 0 spiro atoms. The van der Waals surface area contributed by atoms with Crippen LogP contribution in [-0.4, -0.2) is 21.0 Å². The minimum atomic E-state index is -3.40. The van der Waals surface area contributed by atoms with E-state index in [-0.39, 0.29) is 0 Å². The van der Waals surface area contributed by atoms with Gasteiger partial charge in [-0.3, -0.25) is 0 Å². The summed E-state index contributed by atoms with van der Waals surface area (Å²) in [7, 11) is -3.40. The van der Waals surface area contributed by atoms with Crippen LogP contribution in [0.15, 0.2) is 29.2 Å². The number of benzene rings is 1. The molecule has 1 aromatic carbocycles. The van der Waals surface area contributed by atoms with Gasteiger partial charge in [-0.15, -0.1) is 0 Å². The highest BCUT2D eigenvalue weighted by Gasteiger charge is 2.15. The highest BCUT2D eigenvalue weighted by Crippen LogP contribution is 2.12. The van der Waals surface area contributed by atoms with Crippen molar-refractivity contribution in [1.29, 1.82) is 0 Å². The molecule has 0 radical (unpaired) electrons. The molecule has 0 aromatic heterocycles. The molecule has 2 N–H and O–H groups in total. The summed E-state index contributed by atoms with van der Waals surface area (Å²) in [5, 5.41) is 3.28. The van der Waals surface area contributed by atoms with Crippen molar-refractivity contribution >= 4 is 10.0 Å². The average Bonchev–Trinajstić information content (AvgIpc) is 2.43. The molecular formula is C15H26N2O2S. The van der Waals surface area contributed by atoms with E-state index in [0.29, 0.717) is 29.9 Å². The van der Waals surface area contributed by atoms with E-state index >= 15 is 0 Å². The average molecular weight is 298 g/mol. The summed E-state index contributed by atoms with van der Waals surface area (Å²) >= 11 is 0. The van der Waals surface area contributed by atoms with Crippen LogP contribution in [0.2, 0.25) is 0 Å². The zero-order valence-corrected chi connectivity index (χ0v) is 13.6. The minimum Gasteiger partial charge on any atom is -0.310 e. The van der Waals surface area contributed by atoms with Crippen LogP contribution in [0.1, 0.15) is 39.7 Å². The smallest absolute Gasteiger partial charge is 0.240 e. The first-order chi connectivity index (χ1) is 9.35. The Kier molecular flexibility index (Phi) is 6.65. The third kappa shape index (κ3) is 5.61. The highest BCUT2D eigenvalue weighted by atomic mass is 32.2. The van der Waals surface area contributed by atoms with Crippen LogP contribution >= 0.6 is 0 Å². The molecule has 0 aliphatic heterocycles. The van der Waals surface area contributed by atoms with E-state index in [1.807, 2.05) is 13.0 Å². The Hall–Kier alpha value is -0.910. The van der Waals surface area contributed by atoms with Crippen LogP contribution in [0.4, 0.5) is 0 Å². The van der Waals surface area contributed by atoms with Crippen molar-refractivity contribution in [2.75, 3.05) is 6.54 Å². The number of hydrogen-bond donors (Lipinski definition) is 2. The van der Waals surface area contributed by atoms with E-state index in [4.69, 9.17) is 0 Å². The van der Waals surface area contributed by atoms with Crippen molar-refractivity contribution in [1.82, 2.24) is 10.0 Å². The summed E-state index contributed by atoms with van der Waals surface area (Å²) in [6.45, 7) is 9.37. The lowest BCUT2D eigenvalue weighted by Gasteiger charge is -2.12. The van der Waals surface area contributed by atoms with Gasteiger partial charge in [0.25, 0.3) is 0 Å². The van der Waals surface area contributed by atoms with E-state index in [0.717, 1.165) is 12.0 Å². The molecule has 1 atom stereocenters. The molecule has 20 heavy (non-hydrogen) atoms. The number of rotatable bonds is 8. The molecule has 0 amide bonds. The predicted molar refractivity (Wildman–Crippen MR) is 83.1 cm³/mol. The number of nitrogens with one attached hydrogen (secondary N) is 2. The van der Waals surface area contributed by atoms with Crippen molar-refractivity contribution in [2.24, 2.45) is 5.92 Å². The Morgan fingerprint density at radius 1 is 1.20 bits per heavy atom. The summed E-state index contributed by atoms with van der Waals surface area (Å²) in [5.41, 5.74) is 0.977. The van der Waals surface area contributed by atoms with Crippen LogP contribution in [0.5, 0.6) is 0 Å². The first-order valence-electron chi connectivity index (χ1n) is 7.17. The number of hydrogen-bond acceptors (Lipinski definition) is 3. The standard InChI is InChI=1S/C15H26N2O2S/c1-5-13(4)10-17-20(18,19)15-8-6-7-14(9-15)11-16-12(2)3/h6-9,12-13,16-17H,5,10-11H2,1-4H3. The first kappa shape index (κ1) is 17.1. The van der Waals surface area contributed by atoms with Gasteiger partial charge in [0.2, 0.25) is 10.0 Å². The molecule has 0 heterocycles. The molecule has 1 aromatic rings. The molecule has 0 aliphatic carbocycles. The van der Waals surface area contributed by atoms with Crippen molar-refractivity contribution in [3.8, 4) is 0 Å². The van der Waals surface area contributed by atoms with Gasteiger partial charge in [0.1, 0.15) is 0 Å². The van der Waals surface area contributed by atoms with Gasteiger partial charge in [-0.1, -0.05) is 46.2 Å². The highest BCUT2D eigenvalue weighted by molar-refractivity contribution is 7.89. The first-order valence-corrected chi connectivity index (χ1v) is 8.65. The second-order valence-corrected chi connectivity index (χ2v) is 7.32. The van der Waals surface area contributed by atoms with Crippen LogP contribution < -0.4 is 10.0 Å². The van der Waals surface area contributed by atoms with E-state index in [2.05, 4.69) is 30.8 Å². The maximum absolute atomic E-state index is 12.2. The zero-order chi connectivity index (χ0) is 15.2. The maximum atomic E-state index is 12.2. The van der Waals surface area contributed by atoms with Gasteiger partial charge in [0, 0.05) is 19.1 Å².